The minimum absolute atomic E-state index is 0.162. The molecule has 0 aromatic heterocycles. The average Bonchev–Trinajstić information content (AvgIpc) is 2.05. The van der Waals surface area contributed by atoms with Crippen molar-refractivity contribution in [2.75, 3.05) is 20.8 Å². The van der Waals surface area contributed by atoms with Gasteiger partial charge in [0, 0.05) is 13.7 Å². The van der Waals surface area contributed by atoms with Gasteiger partial charge in [-0.3, -0.25) is 4.84 Å². The maximum atomic E-state index is 5.33. The minimum Gasteiger partial charge on any atom is -0.364 e. The van der Waals surface area contributed by atoms with Crippen molar-refractivity contribution >= 4 is 0 Å². The summed E-state index contributed by atoms with van der Waals surface area (Å²) in [6.07, 6.45) is 6.36. The summed E-state index contributed by atoms with van der Waals surface area (Å²) in [7, 11) is 3.46. The summed E-state index contributed by atoms with van der Waals surface area (Å²) in [6, 6.07) is 0. The summed E-state index contributed by atoms with van der Waals surface area (Å²) in [5.74, 6) is 0. The van der Waals surface area contributed by atoms with Gasteiger partial charge in [-0.2, -0.15) is 5.06 Å². The van der Waals surface area contributed by atoms with Crippen LogP contribution in [0.1, 0.15) is 32.1 Å². The van der Waals surface area contributed by atoms with Gasteiger partial charge in [0.15, 0.2) is 0 Å². The van der Waals surface area contributed by atoms with Gasteiger partial charge in [0.05, 0.1) is 7.11 Å². The Labute approximate surface area is 74.6 Å². The number of hydrogen-bond donors (Lipinski definition) is 0. The molecule has 1 saturated heterocycles. The van der Waals surface area contributed by atoms with Gasteiger partial charge in [0.25, 0.3) is 0 Å². The molecule has 1 unspecified atom stereocenters. The largest absolute Gasteiger partial charge is 0.364 e. The fourth-order valence-electron chi connectivity index (χ4n) is 1.67. The highest BCUT2D eigenvalue weighted by molar-refractivity contribution is 4.60. The van der Waals surface area contributed by atoms with E-state index in [9.17, 15) is 0 Å². The van der Waals surface area contributed by atoms with Gasteiger partial charge in [-0.1, -0.05) is 12.8 Å². The highest BCUT2D eigenvalue weighted by Gasteiger charge is 2.18. The molecule has 1 heterocycles. The Morgan fingerprint density at radius 1 is 1.08 bits per heavy atom. The van der Waals surface area contributed by atoms with Crippen molar-refractivity contribution in [2.24, 2.45) is 0 Å². The third-order valence-electron chi connectivity index (χ3n) is 2.41. The van der Waals surface area contributed by atoms with Crippen molar-refractivity contribution in [3.8, 4) is 0 Å². The summed E-state index contributed by atoms with van der Waals surface area (Å²) in [5, 5.41) is 1.94. The lowest BCUT2D eigenvalue weighted by molar-refractivity contribution is -0.233. The van der Waals surface area contributed by atoms with E-state index in [1.807, 2.05) is 5.06 Å². The number of methoxy groups -OCH3 is 1. The van der Waals surface area contributed by atoms with Gasteiger partial charge in [-0.15, -0.1) is 0 Å². The molecular formula is C9H19NO2. The molecule has 1 rings (SSSR count). The van der Waals surface area contributed by atoms with Gasteiger partial charge in [0.2, 0.25) is 0 Å². The van der Waals surface area contributed by atoms with E-state index in [0.717, 1.165) is 13.0 Å². The Morgan fingerprint density at radius 3 is 2.50 bits per heavy atom. The number of ether oxygens (including phenoxy) is 1. The predicted octanol–water partition coefficient (Wildman–Crippen LogP) is 1.79. The van der Waals surface area contributed by atoms with Gasteiger partial charge in [-0.25, -0.2) is 0 Å². The monoisotopic (exact) mass is 173 g/mol. The molecule has 0 spiro atoms. The van der Waals surface area contributed by atoms with Crippen LogP contribution in [0.25, 0.3) is 0 Å². The SMILES string of the molecule is COC1CCCCCCN1OC. The molecule has 1 aliphatic heterocycles. The van der Waals surface area contributed by atoms with Crippen LogP contribution in [-0.4, -0.2) is 32.1 Å². The molecular weight excluding hydrogens is 154 g/mol. The average molecular weight is 173 g/mol. The molecule has 72 valence electrons. The van der Waals surface area contributed by atoms with Crippen LogP contribution in [0.2, 0.25) is 0 Å². The zero-order chi connectivity index (χ0) is 8.81. The Balaban J connectivity index is 2.39. The topological polar surface area (TPSA) is 21.7 Å². The van der Waals surface area contributed by atoms with E-state index in [1.54, 1.807) is 14.2 Å². The highest BCUT2D eigenvalue weighted by atomic mass is 16.7. The Kier molecular flexibility index (Phi) is 4.58. The molecule has 0 radical (unpaired) electrons. The molecule has 1 fully saturated rings. The molecule has 0 bridgehead atoms. The van der Waals surface area contributed by atoms with Crippen molar-refractivity contribution in [2.45, 2.75) is 38.3 Å². The molecule has 0 aromatic carbocycles. The molecule has 0 aromatic rings. The van der Waals surface area contributed by atoms with Crippen LogP contribution in [0.4, 0.5) is 0 Å². The Hall–Kier alpha value is -0.120. The van der Waals surface area contributed by atoms with Crippen LogP contribution in [-0.2, 0) is 9.57 Å². The summed E-state index contributed by atoms with van der Waals surface area (Å²) in [4.78, 5) is 5.24. The molecule has 3 nitrogen and oxygen atoms in total. The van der Waals surface area contributed by atoms with E-state index in [2.05, 4.69) is 0 Å². The zero-order valence-corrected chi connectivity index (χ0v) is 8.08. The lowest BCUT2D eigenvalue weighted by atomic mass is 10.1. The fraction of sp³-hybridized carbons (Fsp3) is 1.00. The van der Waals surface area contributed by atoms with Crippen molar-refractivity contribution in [1.29, 1.82) is 0 Å². The fourth-order valence-corrected chi connectivity index (χ4v) is 1.67. The molecule has 0 aliphatic carbocycles. The van der Waals surface area contributed by atoms with Crippen LogP contribution < -0.4 is 0 Å². The van der Waals surface area contributed by atoms with Crippen molar-refractivity contribution < 1.29 is 9.57 Å². The summed E-state index contributed by atoms with van der Waals surface area (Å²) < 4.78 is 5.33. The van der Waals surface area contributed by atoms with E-state index in [-0.39, 0.29) is 6.23 Å². The minimum atomic E-state index is 0.162. The van der Waals surface area contributed by atoms with Gasteiger partial charge >= 0.3 is 0 Å². The number of hydroxylamine groups is 2. The van der Waals surface area contributed by atoms with E-state index in [4.69, 9.17) is 9.57 Å². The van der Waals surface area contributed by atoms with Crippen molar-refractivity contribution in [1.82, 2.24) is 5.06 Å². The van der Waals surface area contributed by atoms with Crippen molar-refractivity contribution in [3.05, 3.63) is 0 Å². The van der Waals surface area contributed by atoms with E-state index < -0.39 is 0 Å². The molecule has 3 heteroatoms. The van der Waals surface area contributed by atoms with Crippen LogP contribution in [0.15, 0.2) is 0 Å². The van der Waals surface area contributed by atoms with Crippen LogP contribution in [0, 0.1) is 0 Å². The summed E-state index contributed by atoms with van der Waals surface area (Å²) in [5.41, 5.74) is 0. The van der Waals surface area contributed by atoms with Crippen LogP contribution in [0.5, 0.6) is 0 Å². The smallest absolute Gasteiger partial charge is 0.132 e. The Morgan fingerprint density at radius 2 is 1.83 bits per heavy atom. The Bertz CT molecular complexity index is 105. The number of nitrogens with zero attached hydrogens (tertiary/aromatic N) is 1. The first kappa shape index (κ1) is 9.96. The van der Waals surface area contributed by atoms with Crippen molar-refractivity contribution in [3.63, 3.8) is 0 Å². The first-order chi connectivity index (χ1) is 5.88. The lowest BCUT2D eigenvalue weighted by Gasteiger charge is -2.29. The molecule has 1 atom stereocenters. The first-order valence-electron chi connectivity index (χ1n) is 4.72. The zero-order valence-electron chi connectivity index (χ0n) is 8.08. The number of rotatable bonds is 2. The maximum absolute atomic E-state index is 5.33. The molecule has 0 N–H and O–H groups in total. The summed E-state index contributed by atoms with van der Waals surface area (Å²) >= 11 is 0. The lowest BCUT2D eigenvalue weighted by Crippen LogP contribution is -2.37. The van der Waals surface area contributed by atoms with E-state index >= 15 is 0 Å². The third kappa shape index (κ3) is 2.73. The highest BCUT2D eigenvalue weighted by Crippen LogP contribution is 2.16. The molecule has 12 heavy (non-hydrogen) atoms. The predicted molar refractivity (Wildman–Crippen MR) is 47.6 cm³/mol. The second-order valence-electron chi connectivity index (χ2n) is 3.22. The summed E-state index contributed by atoms with van der Waals surface area (Å²) in [6.45, 7) is 0.995. The second-order valence-corrected chi connectivity index (χ2v) is 3.22. The second kappa shape index (κ2) is 5.51. The normalized spacial score (nSPS) is 28.0. The third-order valence-corrected chi connectivity index (χ3v) is 2.41. The molecule has 0 amide bonds. The van der Waals surface area contributed by atoms with Gasteiger partial charge in [0.1, 0.15) is 6.23 Å². The van der Waals surface area contributed by atoms with Crippen LogP contribution in [0.3, 0.4) is 0 Å². The van der Waals surface area contributed by atoms with Gasteiger partial charge in [-0.05, 0) is 19.3 Å². The van der Waals surface area contributed by atoms with Gasteiger partial charge < -0.3 is 4.74 Å². The first-order valence-corrected chi connectivity index (χ1v) is 4.72. The molecule has 0 saturated carbocycles. The van der Waals surface area contributed by atoms with Crippen LogP contribution >= 0.6 is 0 Å². The maximum Gasteiger partial charge on any atom is 0.132 e. The molecule has 1 aliphatic rings. The standard InChI is InChI=1S/C9H19NO2/c1-11-9-7-5-3-4-6-8-10(9)12-2/h9H,3-8H2,1-2H3. The van der Waals surface area contributed by atoms with E-state index in [0.29, 0.717) is 0 Å². The van der Waals surface area contributed by atoms with E-state index in [1.165, 1.54) is 25.7 Å². The number of hydrogen-bond acceptors (Lipinski definition) is 3. The quantitative estimate of drug-likeness (QED) is 0.635.